The molecule has 0 saturated carbocycles. The fourth-order valence-electron chi connectivity index (χ4n) is 1.87. The number of nitrogen functional groups attached to an aromatic ring is 1. The van der Waals surface area contributed by atoms with Crippen LogP contribution in [0.2, 0.25) is 0 Å². The minimum absolute atomic E-state index is 0.127. The SMILES string of the molecule is CCN(C)c1nc(N)c(C(=O)NC2CCOCC2)s1. The highest BCUT2D eigenvalue weighted by Gasteiger charge is 2.21. The van der Waals surface area contributed by atoms with Crippen molar-refractivity contribution < 1.29 is 9.53 Å². The van der Waals surface area contributed by atoms with Gasteiger partial charge in [0.1, 0.15) is 10.7 Å². The Morgan fingerprint density at radius 2 is 2.26 bits per heavy atom. The molecule has 1 aromatic heterocycles. The molecule has 0 radical (unpaired) electrons. The second kappa shape index (κ2) is 6.21. The molecule has 0 atom stereocenters. The van der Waals surface area contributed by atoms with E-state index in [-0.39, 0.29) is 11.9 Å². The van der Waals surface area contributed by atoms with Crippen molar-refractivity contribution >= 4 is 28.2 Å². The third-order valence-corrected chi connectivity index (χ3v) is 4.39. The standard InChI is InChI=1S/C12H20N4O2S/c1-3-16(2)12-15-10(13)9(19-12)11(17)14-8-4-6-18-7-5-8/h8H,3-7,13H2,1-2H3,(H,14,17). The van der Waals surface area contributed by atoms with Crippen molar-refractivity contribution in [3.05, 3.63) is 4.88 Å². The van der Waals surface area contributed by atoms with E-state index in [2.05, 4.69) is 10.3 Å². The highest BCUT2D eigenvalue weighted by Crippen LogP contribution is 2.27. The number of hydrogen-bond donors (Lipinski definition) is 2. The summed E-state index contributed by atoms with van der Waals surface area (Å²) in [6.07, 6.45) is 1.71. The summed E-state index contributed by atoms with van der Waals surface area (Å²) < 4.78 is 5.27. The van der Waals surface area contributed by atoms with Crippen LogP contribution in [-0.4, -0.2) is 43.7 Å². The van der Waals surface area contributed by atoms with Crippen LogP contribution in [0.5, 0.6) is 0 Å². The molecule has 1 fully saturated rings. The maximum absolute atomic E-state index is 12.2. The van der Waals surface area contributed by atoms with E-state index in [1.54, 1.807) is 0 Å². The van der Waals surface area contributed by atoms with Crippen molar-refractivity contribution in [2.24, 2.45) is 0 Å². The molecule has 0 unspecified atom stereocenters. The lowest BCUT2D eigenvalue weighted by molar-refractivity contribution is 0.0698. The molecule has 0 aliphatic carbocycles. The van der Waals surface area contributed by atoms with E-state index >= 15 is 0 Å². The van der Waals surface area contributed by atoms with Gasteiger partial charge in [-0.2, -0.15) is 0 Å². The Labute approximate surface area is 116 Å². The average Bonchev–Trinajstić information content (AvgIpc) is 2.81. The fraction of sp³-hybridized carbons (Fsp3) is 0.667. The first-order chi connectivity index (χ1) is 9.11. The predicted octanol–water partition coefficient (Wildman–Crippen LogP) is 1.09. The zero-order valence-corrected chi connectivity index (χ0v) is 12.1. The zero-order valence-electron chi connectivity index (χ0n) is 11.3. The van der Waals surface area contributed by atoms with Gasteiger partial charge in [-0.1, -0.05) is 11.3 Å². The lowest BCUT2D eigenvalue weighted by atomic mass is 10.1. The normalized spacial score (nSPS) is 16.3. The van der Waals surface area contributed by atoms with Crippen molar-refractivity contribution in [2.45, 2.75) is 25.8 Å². The molecule has 1 saturated heterocycles. The summed E-state index contributed by atoms with van der Waals surface area (Å²) in [5.41, 5.74) is 5.83. The molecule has 3 N–H and O–H groups in total. The topological polar surface area (TPSA) is 80.5 Å². The highest BCUT2D eigenvalue weighted by atomic mass is 32.1. The number of carbonyl (C=O) groups excluding carboxylic acids is 1. The number of amides is 1. The quantitative estimate of drug-likeness (QED) is 0.865. The Morgan fingerprint density at radius 1 is 1.58 bits per heavy atom. The van der Waals surface area contributed by atoms with Crippen LogP contribution in [0.25, 0.3) is 0 Å². The van der Waals surface area contributed by atoms with E-state index in [0.717, 1.165) is 24.5 Å². The van der Waals surface area contributed by atoms with Gasteiger partial charge in [0.25, 0.3) is 5.91 Å². The molecule has 1 aliphatic rings. The molecular formula is C12H20N4O2S. The first kappa shape index (κ1) is 14.1. The van der Waals surface area contributed by atoms with Crippen molar-refractivity contribution in [1.82, 2.24) is 10.3 Å². The molecule has 1 aliphatic heterocycles. The van der Waals surface area contributed by atoms with Crippen LogP contribution < -0.4 is 16.0 Å². The lowest BCUT2D eigenvalue weighted by Gasteiger charge is -2.22. The predicted molar refractivity (Wildman–Crippen MR) is 76.8 cm³/mol. The molecule has 2 heterocycles. The van der Waals surface area contributed by atoms with Crippen molar-refractivity contribution in [3.8, 4) is 0 Å². The van der Waals surface area contributed by atoms with E-state index in [1.165, 1.54) is 11.3 Å². The minimum Gasteiger partial charge on any atom is -0.382 e. The largest absolute Gasteiger partial charge is 0.382 e. The monoisotopic (exact) mass is 284 g/mol. The van der Waals surface area contributed by atoms with Crippen LogP contribution in [0.4, 0.5) is 10.9 Å². The Balaban J connectivity index is 2.03. The molecule has 1 amide bonds. The van der Waals surface area contributed by atoms with Gasteiger partial charge >= 0.3 is 0 Å². The van der Waals surface area contributed by atoms with Crippen LogP contribution in [0.1, 0.15) is 29.4 Å². The number of rotatable bonds is 4. The van der Waals surface area contributed by atoms with E-state index in [0.29, 0.717) is 23.9 Å². The van der Waals surface area contributed by atoms with Crippen LogP contribution in [-0.2, 0) is 4.74 Å². The summed E-state index contributed by atoms with van der Waals surface area (Å²) in [6, 6.07) is 0.176. The van der Waals surface area contributed by atoms with Gasteiger partial charge in [-0.3, -0.25) is 4.79 Å². The van der Waals surface area contributed by atoms with Gasteiger partial charge < -0.3 is 20.7 Å². The van der Waals surface area contributed by atoms with Crippen molar-refractivity contribution in [2.75, 3.05) is 37.4 Å². The molecule has 6 nitrogen and oxygen atoms in total. The number of anilines is 2. The number of hydrogen-bond acceptors (Lipinski definition) is 6. The second-order valence-electron chi connectivity index (χ2n) is 4.59. The molecule has 0 aromatic carbocycles. The summed E-state index contributed by atoms with van der Waals surface area (Å²) in [7, 11) is 1.93. The van der Waals surface area contributed by atoms with E-state index in [1.807, 2.05) is 18.9 Å². The smallest absolute Gasteiger partial charge is 0.265 e. The van der Waals surface area contributed by atoms with Gasteiger partial charge in [-0.25, -0.2) is 4.98 Å². The summed E-state index contributed by atoms with van der Waals surface area (Å²) in [5.74, 6) is 0.183. The second-order valence-corrected chi connectivity index (χ2v) is 5.56. The Morgan fingerprint density at radius 3 is 2.89 bits per heavy atom. The Bertz CT molecular complexity index is 443. The van der Waals surface area contributed by atoms with Crippen LogP contribution in [0.3, 0.4) is 0 Å². The number of nitrogens with one attached hydrogen (secondary N) is 1. The first-order valence-corrected chi connectivity index (χ1v) is 7.29. The van der Waals surface area contributed by atoms with Crippen molar-refractivity contribution in [1.29, 1.82) is 0 Å². The number of nitrogens with two attached hydrogens (primary N) is 1. The lowest BCUT2D eigenvalue weighted by Crippen LogP contribution is -2.38. The molecule has 19 heavy (non-hydrogen) atoms. The van der Waals surface area contributed by atoms with Gasteiger partial charge in [0.2, 0.25) is 0 Å². The molecule has 2 rings (SSSR count). The zero-order chi connectivity index (χ0) is 13.8. The maximum Gasteiger partial charge on any atom is 0.265 e. The van der Waals surface area contributed by atoms with Gasteiger partial charge in [0.05, 0.1) is 0 Å². The van der Waals surface area contributed by atoms with Crippen LogP contribution >= 0.6 is 11.3 Å². The molecule has 106 valence electrons. The van der Waals surface area contributed by atoms with Crippen LogP contribution in [0, 0.1) is 0 Å². The number of aromatic nitrogens is 1. The van der Waals surface area contributed by atoms with Gasteiger partial charge in [-0.15, -0.1) is 0 Å². The van der Waals surface area contributed by atoms with Gasteiger partial charge in [-0.05, 0) is 19.8 Å². The van der Waals surface area contributed by atoms with Crippen LogP contribution in [0.15, 0.2) is 0 Å². The molecule has 7 heteroatoms. The number of nitrogens with zero attached hydrogens (tertiary/aromatic N) is 2. The van der Waals surface area contributed by atoms with Gasteiger partial charge in [0.15, 0.2) is 5.13 Å². The molecule has 1 aromatic rings. The summed E-state index contributed by atoms with van der Waals surface area (Å²) >= 11 is 1.34. The average molecular weight is 284 g/mol. The third-order valence-electron chi connectivity index (χ3n) is 3.21. The Kier molecular flexibility index (Phi) is 4.60. The highest BCUT2D eigenvalue weighted by molar-refractivity contribution is 7.18. The summed E-state index contributed by atoms with van der Waals surface area (Å²) in [4.78, 5) is 18.9. The third kappa shape index (κ3) is 3.36. The number of thiazole rings is 1. The van der Waals surface area contributed by atoms with E-state index in [4.69, 9.17) is 10.5 Å². The molecule has 0 spiro atoms. The van der Waals surface area contributed by atoms with Crippen molar-refractivity contribution in [3.63, 3.8) is 0 Å². The van der Waals surface area contributed by atoms with E-state index < -0.39 is 0 Å². The first-order valence-electron chi connectivity index (χ1n) is 6.47. The fourth-order valence-corrected chi connectivity index (χ4v) is 2.79. The maximum atomic E-state index is 12.2. The minimum atomic E-state index is -0.127. The summed E-state index contributed by atoms with van der Waals surface area (Å²) in [6.45, 7) is 4.26. The molecule has 0 bridgehead atoms. The number of ether oxygens (including phenoxy) is 1. The number of carbonyl (C=O) groups is 1. The Hall–Kier alpha value is -1.34. The summed E-state index contributed by atoms with van der Waals surface area (Å²) in [5, 5.41) is 3.77. The van der Waals surface area contributed by atoms with E-state index in [9.17, 15) is 4.79 Å². The van der Waals surface area contributed by atoms with Gasteiger partial charge in [0, 0.05) is 32.8 Å². The molecular weight excluding hydrogens is 264 g/mol.